The van der Waals surface area contributed by atoms with Crippen molar-refractivity contribution >= 4 is 28.9 Å². The Morgan fingerprint density at radius 1 is 1.10 bits per heavy atom. The van der Waals surface area contributed by atoms with Crippen molar-refractivity contribution in [2.24, 2.45) is 0 Å². The van der Waals surface area contributed by atoms with Gasteiger partial charge in [0.25, 0.3) is 11.6 Å². The molecule has 0 atom stereocenters. The fourth-order valence-corrected chi connectivity index (χ4v) is 3.35. The molecule has 0 N–H and O–H groups in total. The Balaban J connectivity index is 1.76. The second-order valence-corrected chi connectivity index (χ2v) is 7.11. The highest BCUT2D eigenvalue weighted by Gasteiger charge is 2.34. The molecule has 1 fully saturated rings. The van der Waals surface area contributed by atoms with Crippen LogP contribution in [0.3, 0.4) is 0 Å². The number of nitro benzene ring substituents is 1. The third-order valence-electron chi connectivity index (χ3n) is 4.83. The Morgan fingerprint density at radius 2 is 1.76 bits per heavy atom. The van der Waals surface area contributed by atoms with E-state index >= 15 is 0 Å². The lowest BCUT2D eigenvalue weighted by Crippen LogP contribution is -2.49. The van der Waals surface area contributed by atoms with Gasteiger partial charge in [-0.05, 0) is 36.8 Å². The zero-order valence-corrected chi connectivity index (χ0v) is 16.1. The van der Waals surface area contributed by atoms with Gasteiger partial charge >= 0.3 is 6.18 Å². The predicted octanol–water partition coefficient (Wildman–Crippen LogP) is 4.54. The molecule has 0 radical (unpaired) electrons. The van der Waals surface area contributed by atoms with E-state index in [0.29, 0.717) is 16.7 Å². The van der Waals surface area contributed by atoms with Crippen molar-refractivity contribution in [1.82, 2.24) is 4.90 Å². The first-order valence-corrected chi connectivity index (χ1v) is 9.11. The summed E-state index contributed by atoms with van der Waals surface area (Å²) in [5, 5.41) is 11.8. The largest absolute Gasteiger partial charge is 0.416 e. The minimum Gasteiger partial charge on any atom is -0.362 e. The normalized spacial score (nSPS) is 14.8. The van der Waals surface area contributed by atoms with Crippen molar-refractivity contribution in [1.29, 1.82) is 0 Å². The molecule has 0 spiro atoms. The number of amides is 1. The van der Waals surface area contributed by atoms with E-state index in [9.17, 15) is 28.1 Å². The van der Waals surface area contributed by atoms with E-state index in [1.54, 1.807) is 28.0 Å². The number of hydrogen-bond acceptors (Lipinski definition) is 4. The first-order valence-electron chi connectivity index (χ1n) is 8.74. The van der Waals surface area contributed by atoms with Crippen molar-refractivity contribution < 1.29 is 22.9 Å². The maximum Gasteiger partial charge on any atom is 0.416 e. The molecular formula is C19H17ClF3N3O3. The van der Waals surface area contributed by atoms with Crippen LogP contribution in [0.1, 0.15) is 21.5 Å². The number of carbonyl (C=O) groups is 1. The number of piperazine rings is 1. The van der Waals surface area contributed by atoms with E-state index in [1.807, 2.05) is 6.92 Å². The number of carbonyl (C=O) groups excluding carboxylic acids is 1. The van der Waals surface area contributed by atoms with E-state index in [0.717, 1.165) is 17.7 Å². The highest BCUT2D eigenvalue weighted by molar-refractivity contribution is 6.31. The average molecular weight is 428 g/mol. The molecule has 0 saturated carbocycles. The van der Waals surface area contributed by atoms with Crippen LogP contribution in [-0.2, 0) is 6.18 Å². The maximum atomic E-state index is 12.9. The molecule has 0 aliphatic carbocycles. The summed E-state index contributed by atoms with van der Waals surface area (Å²) >= 11 is 6.07. The van der Waals surface area contributed by atoms with E-state index in [1.165, 1.54) is 0 Å². The standard InChI is InChI=1S/C19H17ClF3N3O3/c1-12-2-3-13(10-15(12)20)18(27)25-8-6-24(7-9-25)16-5-4-14(19(21,22)23)11-17(16)26(28)29/h2-5,10-11H,6-9H2,1H3. The summed E-state index contributed by atoms with van der Waals surface area (Å²) in [6.45, 7) is 2.91. The minimum absolute atomic E-state index is 0.105. The summed E-state index contributed by atoms with van der Waals surface area (Å²) in [6.07, 6.45) is -4.66. The summed E-state index contributed by atoms with van der Waals surface area (Å²) in [4.78, 5) is 26.3. The molecule has 6 nitrogen and oxygen atoms in total. The number of hydrogen-bond donors (Lipinski definition) is 0. The predicted molar refractivity (Wildman–Crippen MR) is 102 cm³/mol. The van der Waals surface area contributed by atoms with E-state index < -0.39 is 22.4 Å². The molecule has 0 aromatic heterocycles. The molecule has 10 heteroatoms. The van der Waals surface area contributed by atoms with Crippen LogP contribution in [0.2, 0.25) is 5.02 Å². The van der Waals surface area contributed by atoms with E-state index in [4.69, 9.17) is 11.6 Å². The third-order valence-corrected chi connectivity index (χ3v) is 5.23. The molecule has 0 unspecified atom stereocenters. The van der Waals surface area contributed by atoms with Gasteiger partial charge < -0.3 is 9.80 Å². The molecule has 2 aromatic rings. The van der Waals surface area contributed by atoms with Gasteiger partial charge in [-0.15, -0.1) is 0 Å². The number of nitrogens with zero attached hydrogens (tertiary/aromatic N) is 3. The highest BCUT2D eigenvalue weighted by atomic mass is 35.5. The van der Waals surface area contributed by atoms with E-state index in [-0.39, 0.29) is 37.8 Å². The Hall–Kier alpha value is -2.81. The zero-order valence-electron chi connectivity index (χ0n) is 15.4. The van der Waals surface area contributed by atoms with Crippen molar-refractivity contribution in [3.8, 4) is 0 Å². The summed E-state index contributed by atoms with van der Waals surface area (Å²) in [7, 11) is 0. The van der Waals surface area contributed by atoms with Gasteiger partial charge in [0.15, 0.2) is 0 Å². The second-order valence-electron chi connectivity index (χ2n) is 6.70. The zero-order chi connectivity index (χ0) is 21.3. The summed E-state index contributed by atoms with van der Waals surface area (Å²) in [6, 6.07) is 7.49. The number of alkyl halides is 3. The third kappa shape index (κ3) is 4.45. The van der Waals surface area contributed by atoms with Gasteiger partial charge in [0.05, 0.1) is 10.5 Å². The topological polar surface area (TPSA) is 66.7 Å². The number of anilines is 1. The summed E-state index contributed by atoms with van der Waals surface area (Å²) in [5.74, 6) is -0.214. The lowest BCUT2D eigenvalue weighted by atomic mass is 10.1. The van der Waals surface area contributed by atoms with Crippen LogP contribution < -0.4 is 4.90 Å². The van der Waals surface area contributed by atoms with Crippen LogP contribution in [0.25, 0.3) is 0 Å². The van der Waals surface area contributed by atoms with Gasteiger partial charge in [-0.25, -0.2) is 0 Å². The summed E-state index contributed by atoms with van der Waals surface area (Å²) in [5.41, 5.74) is -0.284. The van der Waals surface area contributed by atoms with Gasteiger partial charge in [-0.2, -0.15) is 13.2 Å². The van der Waals surface area contributed by atoms with Gasteiger partial charge in [-0.1, -0.05) is 17.7 Å². The molecule has 1 amide bonds. The first kappa shape index (κ1) is 20.9. The molecule has 1 heterocycles. The van der Waals surface area contributed by atoms with Crippen LogP contribution in [0.4, 0.5) is 24.5 Å². The minimum atomic E-state index is -4.66. The smallest absolute Gasteiger partial charge is 0.362 e. The fourth-order valence-electron chi connectivity index (χ4n) is 3.17. The molecule has 29 heavy (non-hydrogen) atoms. The Labute approximate surface area is 169 Å². The van der Waals surface area contributed by atoms with Crippen LogP contribution >= 0.6 is 11.6 Å². The number of rotatable bonds is 3. The van der Waals surface area contributed by atoms with Crippen molar-refractivity contribution in [3.05, 3.63) is 68.2 Å². The molecule has 2 aromatic carbocycles. The van der Waals surface area contributed by atoms with E-state index in [2.05, 4.69) is 0 Å². The first-order chi connectivity index (χ1) is 13.6. The van der Waals surface area contributed by atoms with Crippen molar-refractivity contribution in [2.45, 2.75) is 13.1 Å². The van der Waals surface area contributed by atoms with Crippen LogP contribution in [0.15, 0.2) is 36.4 Å². The molecule has 1 aliphatic rings. The van der Waals surface area contributed by atoms with Gasteiger partial charge in [0.1, 0.15) is 5.69 Å². The van der Waals surface area contributed by atoms with Crippen molar-refractivity contribution in [2.75, 3.05) is 31.1 Å². The lowest BCUT2D eigenvalue weighted by molar-refractivity contribution is -0.384. The Kier molecular flexibility index (Phi) is 5.70. The molecule has 154 valence electrons. The molecule has 1 saturated heterocycles. The highest BCUT2D eigenvalue weighted by Crippen LogP contribution is 2.36. The van der Waals surface area contributed by atoms with Gasteiger partial charge in [-0.3, -0.25) is 14.9 Å². The number of halogens is 4. The molecule has 1 aliphatic heterocycles. The van der Waals surface area contributed by atoms with Gasteiger partial charge in [0.2, 0.25) is 0 Å². The quantitative estimate of drug-likeness (QED) is 0.533. The monoisotopic (exact) mass is 427 g/mol. The lowest BCUT2D eigenvalue weighted by Gasteiger charge is -2.36. The van der Waals surface area contributed by atoms with Gasteiger partial charge in [0, 0.05) is 42.8 Å². The number of nitro groups is 1. The summed E-state index contributed by atoms with van der Waals surface area (Å²) < 4.78 is 38.6. The number of aryl methyl sites for hydroxylation is 1. The Bertz CT molecular complexity index is 957. The SMILES string of the molecule is Cc1ccc(C(=O)N2CCN(c3ccc(C(F)(F)F)cc3[N+](=O)[O-])CC2)cc1Cl. The van der Waals surface area contributed by atoms with Crippen LogP contribution in [-0.4, -0.2) is 41.9 Å². The molecule has 0 bridgehead atoms. The molecular weight excluding hydrogens is 411 g/mol. The van der Waals surface area contributed by atoms with Crippen molar-refractivity contribution in [3.63, 3.8) is 0 Å². The number of benzene rings is 2. The second kappa shape index (κ2) is 7.90. The van der Waals surface area contributed by atoms with Crippen LogP contribution in [0, 0.1) is 17.0 Å². The average Bonchev–Trinajstić information content (AvgIpc) is 2.68. The molecule has 3 rings (SSSR count). The van der Waals surface area contributed by atoms with Crippen LogP contribution in [0.5, 0.6) is 0 Å². The fraction of sp³-hybridized carbons (Fsp3) is 0.316. The maximum absolute atomic E-state index is 12.9. The Morgan fingerprint density at radius 3 is 2.31 bits per heavy atom.